The average Bonchev–Trinajstić information content (AvgIpc) is 3.52. The first kappa shape index (κ1) is 34.5. The zero-order valence-electron chi connectivity index (χ0n) is 27.4. The van der Waals surface area contributed by atoms with Gasteiger partial charge >= 0.3 is 0 Å². The molecule has 0 saturated carbocycles. The molecule has 1 unspecified atom stereocenters. The number of unbranched alkanes of at least 4 members (excludes halogenated alkanes) is 16. The Morgan fingerprint density at radius 2 is 1.07 bits per heavy atom. The molecule has 4 heteroatoms. The van der Waals surface area contributed by atoms with Gasteiger partial charge in [0, 0.05) is 21.9 Å². The van der Waals surface area contributed by atoms with Crippen LogP contribution in [0.25, 0.3) is 10.4 Å². The first-order valence-corrected chi connectivity index (χ1v) is 18.4. The van der Waals surface area contributed by atoms with Gasteiger partial charge in [-0.15, -0.1) is 11.3 Å². The Bertz CT molecular complexity index is 1090. The second kappa shape index (κ2) is 19.4. The third-order valence-corrected chi connectivity index (χ3v) is 10.2. The van der Waals surface area contributed by atoms with E-state index in [1.807, 2.05) is 19.1 Å². The smallest absolute Gasteiger partial charge is 0.262 e. The Labute approximate surface area is 261 Å². The largest absolute Gasteiger partial charge is 0.274 e. The number of benzene rings is 1. The molecule has 0 fully saturated rings. The molecule has 2 heterocycles. The van der Waals surface area contributed by atoms with Gasteiger partial charge in [-0.2, -0.15) is 0 Å². The number of thiophene rings is 1. The van der Waals surface area contributed by atoms with Crippen LogP contribution in [0.1, 0.15) is 173 Å². The summed E-state index contributed by atoms with van der Waals surface area (Å²) in [5, 5.41) is 0. The van der Waals surface area contributed by atoms with Gasteiger partial charge in [-0.05, 0) is 50.3 Å². The quantitative estimate of drug-likeness (QED) is 0.0949. The molecule has 1 aromatic heterocycles. The minimum Gasteiger partial charge on any atom is -0.274 e. The van der Waals surface area contributed by atoms with Gasteiger partial charge < -0.3 is 0 Å². The van der Waals surface area contributed by atoms with Gasteiger partial charge in [-0.3, -0.25) is 14.5 Å². The van der Waals surface area contributed by atoms with E-state index in [4.69, 9.17) is 0 Å². The highest BCUT2D eigenvalue weighted by Crippen LogP contribution is 2.38. The van der Waals surface area contributed by atoms with Crippen molar-refractivity contribution in [2.45, 2.75) is 156 Å². The summed E-state index contributed by atoms with van der Waals surface area (Å²) in [7, 11) is 0. The van der Waals surface area contributed by atoms with Crippen LogP contribution in [0.2, 0.25) is 0 Å². The molecule has 1 aromatic carbocycles. The Hall–Kier alpha value is -1.94. The van der Waals surface area contributed by atoms with Crippen molar-refractivity contribution in [2.75, 3.05) is 6.54 Å². The van der Waals surface area contributed by atoms with Crippen molar-refractivity contribution in [1.29, 1.82) is 0 Å². The summed E-state index contributed by atoms with van der Waals surface area (Å²) >= 11 is 1.69. The van der Waals surface area contributed by atoms with Crippen molar-refractivity contribution in [3.63, 3.8) is 0 Å². The lowest BCUT2D eigenvalue weighted by molar-refractivity contribution is 0.0621. The van der Waals surface area contributed by atoms with Crippen LogP contribution in [0.4, 0.5) is 0 Å². The zero-order valence-corrected chi connectivity index (χ0v) is 28.2. The van der Waals surface area contributed by atoms with E-state index in [2.05, 4.69) is 32.9 Å². The van der Waals surface area contributed by atoms with Crippen LogP contribution in [0, 0.1) is 19.8 Å². The molecule has 0 aliphatic carbocycles. The number of carbonyl (C=O) groups is 2. The Morgan fingerprint density at radius 3 is 1.55 bits per heavy atom. The highest BCUT2D eigenvalue weighted by molar-refractivity contribution is 7.15. The highest BCUT2D eigenvalue weighted by atomic mass is 32.1. The summed E-state index contributed by atoms with van der Waals surface area (Å²) < 4.78 is 0. The molecule has 234 valence electrons. The summed E-state index contributed by atoms with van der Waals surface area (Å²) in [5.41, 5.74) is 3.10. The lowest BCUT2D eigenvalue weighted by Crippen LogP contribution is -2.34. The fraction of sp³-hybridized carbons (Fsp3) is 0.684. The molecule has 1 aliphatic heterocycles. The third kappa shape index (κ3) is 10.6. The van der Waals surface area contributed by atoms with Gasteiger partial charge in [0.2, 0.25) is 0 Å². The van der Waals surface area contributed by atoms with Crippen LogP contribution in [0.5, 0.6) is 0 Å². The second-order valence-corrected chi connectivity index (χ2v) is 14.2. The average molecular weight is 594 g/mol. The maximum Gasteiger partial charge on any atom is 0.262 e. The first-order chi connectivity index (χ1) is 20.5. The Morgan fingerprint density at radius 1 is 0.595 bits per heavy atom. The van der Waals surface area contributed by atoms with E-state index in [1.165, 1.54) is 120 Å². The predicted molar refractivity (Wildman–Crippen MR) is 182 cm³/mol. The first-order valence-electron chi connectivity index (χ1n) is 17.5. The normalized spacial score (nSPS) is 13.8. The second-order valence-electron chi connectivity index (χ2n) is 12.9. The topological polar surface area (TPSA) is 37.4 Å². The molecule has 3 nitrogen and oxygen atoms in total. The number of hydrogen-bond acceptors (Lipinski definition) is 3. The van der Waals surface area contributed by atoms with Crippen LogP contribution >= 0.6 is 11.3 Å². The molecular weight excluding hydrogens is 534 g/mol. The Balaban J connectivity index is 1.57. The number of hydrogen-bond donors (Lipinski definition) is 0. The van der Waals surface area contributed by atoms with E-state index in [1.54, 1.807) is 16.2 Å². The lowest BCUT2D eigenvalue weighted by Gasteiger charge is -2.23. The number of fused-ring (bicyclic) bond motifs is 1. The van der Waals surface area contributed by atoms with Crippen LogP contribution in [0.15, 0.2) is 24.3 Å². The number of carbonyl (C=O) groups excluding carboxylic acids is 2. The molecule has 2 aromatic rings. The highest BCUT2D eigenvalue weighted by Gasteiger charge is 2.39. The van der Waals surface area contributed by atoms with Crippen molar-refractivity contribution >= 4 is 23.2 Å². The van der Waals surface area contributed by atoms with Gasteiger partial charge in [0.1, 0.15) is 0 Å². The van der Waals surface area contributed by atoms with E-state index < -0.39 is 0 Å². The number of amides is 2. The van der Waals surface area contributed by atoms with Gasteiger partial charge in [-0.1, -0.05) is 142 Å². The van der Waals surface area contributed by atoms with Gasteiger partial charge in [0.05, 0.1) is 11.1 Å². The summed E-state index contributed by atoms with van der Waals surface area (Å²) in [4.78, 5) is 31.5. The fourth-order valence-electron chi connectivity index (χ4n) is 6.59. The molecule has 0 saturated heterocycles. The molecule has 1 atom stereocenters. The van der Waals surface area contributed by atoms with Gasteiger partial charge in [-0.25, -0.2) is 0 Å². The summed E-state index contributed by atoms with van der Waals surface area (Å²) in [5.74, 6) is 0.240. The van der Waals surface area contributed by atoms with Crippen molar-refractivity contribution in [3.8, 4) is 10.4 Å². The standard InChI is InChI=1S/C38H59NO2S/c1-5-7-9-11-13-15-16-18-20-22-24-32(23-21-19-17-14-12-10-8-6-2)29-39-37(40)35-30(3)25-27-33(36(35)38(39)41)34-28-26-31(4)42-34/h25-28,32H,5-24,29H2,1-4H3. The maximum absolute atomic E-state index is 13.8. The van der Waals surface area contributed by atoms with Crippen LogP contribution < -0.4 is 0 Å². The van der Waals surface area contributed by atoms with Crippen LogP contribution in [-0.4, -0.2) is 23.3 Å². The van der Waals surface area contributed by atoms with Crippen molar-refractivity contribution in [2.24, 2.45) is 5.92 Å². The summed E-state index contributed by atoms with van der Waals surface area (Å²) in [6.07, 6.45) is 26.1. The van der Waals surface area contributed by atoms with Crippen molar-refractivity contribution in [1.82, 2.24) is 4.90 Å². The number of imide groups is 1. The third-order valence-electron chi connectivity index (χ3n) is 9.21. The predicted octanol–water partition coefficient (Wildman–Crippen LogP) is 12.1. The summed E-state index contributed by atoms with van der Waals surface area (Å²) in [6.45, 7) is 9.18. The van der Waals surface area contributed by atoms with E-state index in [-0.39, 0.29) is 11.8 Å². The molecule has 0 bridgehead atoms. The minimum atomic E-state index is -0.0799. The van der Waals surface area contributed by atoms with E-state index in [9.17, 15) is 9.59 Å². The fourth-order valence-corrected chi connectivity index (χ4v) is 7.49. The van der Waals surface area contributed by atoms with Crippen LogP contribution in [-0.2, 0) is 0 Å². The molecule has 0 spiro atoms. The summed E-state index contributed by atoms with van der Waals surface area (Å²) in [6, 6.07) is 8.23. The SMILES string of the molecule is CCCCCCCCCCCCC(CCCCCCCCCC)CN1C(=O)c2c(C)ccc(-c3ccc(C)s3)c2C1=O. The van der Waals surface area contributed by atoms with E-state index >= 15 is 0 Å². The minimum absolute atomic E-state index is 0.0772. The molecule has 3 rings (SSSR count). The molecule has 0 radical (unpaired) electrons. The lowest BCUT2D eigenvalue weighted by atomic mass is 9.93. The molecule has 42 heavy (non-hydrogen) atoms. The van der Waals surface area contributed by atoms with E-state index in [0.717, 1.165) is 28.8 Å². The van der Waals surface area contributed by atoms with Gasteiger partial charge in [0.15, 0.2) is 0 Å². The molecule has 2 amide bonds. The van der Waals surface area contributed by atoms with Crippen LogP contribution in [0.3, 0.4) is 0 Å². The number of aryl methyl sites for hydroxylation is 2. The maximum atomic E-state index is 13.8. The van der Waals surface area contributed by atoms with E-state index in [0.29, 0.717) is 23.6 Å². The number of rotatable bonds is 23. The van der Waals surface area contributed by atoms with Crippen molar-refractivity contribution in [3.05, 3.63) is 45.8 Å². The monoisotopic (exact) mass is 593 g/mol. The van der Waals surface area contributed by atoms with Gasteiger partial charge in [0.25, 0.3) is 11.8 Å². The molecule has 1 aliphatic rings. The molecular formula is C38H59NO2S. The zero-order chi connectivity index (χ0) is 30.2. The number of nitrogens with zero attached hydrogens (tertiary/aromatic N) is 1. The van der Waals surface area contributed by atoms with Crippen molar-refractivity contribution < 1.29 is 9.59 Å². The molecule has 0 N–H and O–H groups in total. The Kier molecular flexibility index (Phi) is 15.9.